The number of aliphatic hydroxyl groups is 1. The second-order valence-corrected chi connectivity index (χ2v) is 6.97. The van der Waals surface area contributed by atoms with Crippen molar-refractivity contribution >= 4 is 22.6 Å². The van der Waals surface area contributed by atoms with Crippen LogP contribution in [-0.4, -0.2) is 71.6 Å². The Morgan fingerprint density at radius 1 is 1.33 bits per heavy atom. The molecule has 0 radical (unpaired) electrons. The highest BCUT2D eigenvalue weighted by molar-refractivity contribution is 5.97. The molecule has 1 saturated heterocycles. The number of hydrogen-bond donors (Lipinski definition) is 2. The average Bonchev–Trinajstić information content (AvgIpc) is 2.64. The van der Waals surface area contributed by atoms with Gasteiger partial charge in [-0.15, -0.1) is 0 Å². The fourth-order valence-electron chi connectivity index (χ4n) is 3.74. The van der Waals surface area contributed by atoms with Gasteiger partial charge in [-0.25, -0.2) is 9.18 Å². The molecule has 2 aromatic rings. The zero-order valence-electron chi connectivity index (χ0n) is 14.8. The Bertz CT molecular complexity index is 981. The van der Waals surface area contributed by atoms with Gasteiger partial charge in [0.15, 0.2) is 11.6 Å². The van der Waals surface area contributed by atoms with E-state index in [1.807, 2.05) is 11.9 Å². The van der Waals surface area contributed by atoms with E-state index in [4.69, 9.17) is 4.74 Å². The van der Waals surface area contributed by atoms with Gasteiger partial charge < -0.3 is 29.3 Å². The number of nitrogens with zero attached hydrogens (tertiary/aromatic N) is 3. The fourth-order valence-corrected chi connectivity index (χ4v) is 3.74. The lowest BCUT2D eigenvalue weighted by Gasteiger charge is -2.37. The summed E-state index contributed by atoms with van der Waals surface area (Å²) in [5.74, 6) is -1.82. The third-order valence-electron chi connectivity index (χ3n) is 5.18. The number of carbonyl (C=O) groups is 1. The smallest absolute Gasteiger partial charge is 0.341 e. The van der Waals surface area contributed by atoms with Crippen molar-refractivity contribution in [3.05, 3.63) is 33.9 Å². The zero-order valence-corrected chi connectivity index (χ0v) is 14.8. The highest BCUT2D eigenvalue weighted by Crippen LogP contribution is 2.41. The summed E-state index contributed by atoms with van der Waals surface area (Å²) in [7, 11) is 1.99. The first-order valence-electron chi connectivity index (χ1n) is 8.74. The monoisotopic (exact) mass is 377 g/mol. The Balaban J connectivity index is 1.99. The molecule has 0 amide bonds. The van der Waals surface area contributed by atoms with Crippen molar-refractivity contribution in [3.63, 3.8) is 0 Å². The zero-order chi connectivity index (χ0) is 19.3. The molecule has 144 valence electrons. The lowest BCUT2D eigenvalue weighted by Crippen LogP contribution is -2.45. The summed E-state index contributed by atoms with van der Waals surface area (Å²) in [5, 5.41) is 18.9. The van der Waals surface area contributed by atoms with Gasteiger partial charge in [0.05, 0.1) is 24.1 Å². The Morgan fingerprint density at radius 2 is 2.04 bits per heavy atom. The van der Waals surface area contributed by atoms with Crippen molar-refractivity contribution < 1.29 is 24.1 Å². The molecule has 3 heterocycles. The maximum Gasteiger partial charge on any atom is 0.341 e. The van der Waals surface area contributed by atoms with Crippen molar-refractivity contribution in [2.24, 2.45) is 0 Å². The van der Waals surface area contributed by atoms with Gasteiger partial charge in [0.25, 0.3) is 0 Å². The number of ether oxygens (including phenoxy) is 1. The number of anilines is 1. The second kappa shape index (κ2) is 6.50. The molecule has 4 rings (SSSR count). The molecule has 2 N–H and O–H groups in total. The summed E-state index contributed by atoms with van der Waals surface area (Å²) in [4.78, 5) is 28.0. The molecule has 0 bridgehead atoms. The van der Waals surface area contributed by atoms with E-state index < -0.39 is 28.9 Å². The van der Waals surface area contributed by atoms with Crippen molar-refractivity contribution in [1.29, 1.82) is 0 Å². The predicted molar refractivity (Wildman–Crippen MR) is 96.3 cm³/mol. The Labute approximate surface area is 154 Å². The molecule has 1 atom stereocenters. The molecule has 8 nitrogen and oxygen atoms in total. The number of benzene rings is 1. The van der Waals surface area contributed by atoms with E-state index >= 15 is 4.39 Å². The van der Waals surface area contributed by atoms with E-state index in [-0.39, 0.29) is 30.0 Å². The molecule has 0 saturated carbocycles. The molecule has 27 heavy (non-hydrogen) atoms. The number of carboxylic acid groups (broad SMARTS) is 1. The lowest BCUT2D eigenvalue weighted by atomic mass is 10.1. The number of aliphatic hydroxyl groups excluding tert-OH is 1. The van der Waals surface area contributed by atoms with Gasteiger partial charge in [-0.1, -0.05) is 0 Å². The summed E-state index contributed by atoms with van der Waals surface area (Å²) < 4.78 is 22.5. The van der Waals surface area contributed by atoms with Gasteiger partial charge in [0.1, 0.15) is 17.4 Å². The molecular formula is C18H20FN3O5. The SMILES string of the molecule is CN1CCN(c2c(F)cc3c(=O)c(C(=O)O)cn4c3c2O[C@@H](CO)C4)CC1. The maximum absolute atomic E-state index is 15.1. The third-order valence-corrected chi connectivity index (χ3v) is 5.18. The summed E-state index contributed by atoms with van der Waals surface area (Å²) in [6.07, 6.45) is 0.589. The van der Waals surface area contributed by atoms with Crippen LogP contribution in [0.4, 0.5) is 10.1 Å². The van der Waals surface area contributed by atoms with Crippen LogP contribution in [0.3, 0.4) is 0 Å². The van der Waals surface area contributed by atoms with Crippen LogP contribution in [0.2, 0.25) is 0 Å². The van der Waals surface area contributed by atoms with Crippen LogP contribution in [0, 0.1) is 5.82 Å². The van der Waals surface area contributed by atoms with Gasteiger partial charge >= 0.3 is 5.97 Å². The summed E-state index contributed by atoms with van der Waals surface area (Å²) in [6, 6.07) is 1.10. The predicted octanol–water partition coefficient (Wildman–Crippen LogP) is 0.344. The first-order chi connectivity index (χ1) is 12.9. The summed E-state index contributed by atoms with van der Waals surface area (Å²) in [5.41, 5.74) is -0.557. The molecule has 0 aliphatic carbocycles. The molecular weight excluding hydrogens is 357 g/mol. The molecule has 1 aromatic heterocycles. The van der Waals surface area contributed by atoms with Crippen molar-refractivity contribution in [2.75, 3.05) is 44.7 Å². The Kier molecular flexibility index (Phi) is 4.27. The summed E-state index contributed by atoms with van der Waals surface area (Å²) >= 11 is 0. The van der Waals surface area contributed by atoms with Gasteiger partial charge in [0.2, 0.25) is 5.43 Å². The molecule has 0 spiro atoms. The minimum Gasteiger partial charge on any atom is -0.482 e. The van der Waals surface area contributed by atoms with Gasteiger partial charge in [-0.3, -0.25) is 4.79 Å². The number of rotatable bonds is 3. The van der Waals surface area contributed by atoms with E-state index in [2.05, 4.69) is 4.90 Å². The molecule has 9 heteroatoms. The molecule has 1 fully saturated rings. The normalized spacial score (nSPS) is 20.0. The Hall–Kier alpha value is -2.65. The number of halogens is 1. The van der Waals surface area contributed by atoms with Crippen LogP contribution >= 0.6 is 0 Å². The minimum atomic E-state index is -1.37. The van der Waals surface area contributed by atoms with Crippen molar-refractivity contribution in [3.8, 4) is 5.75 Å². The number of aromatic carboxylic acids is 1. The minimum absolute atomic E-state index is 0.0309. The molecule has 0 unspecified atom stereocenters. The highest BCUT2D eigenvalue weighted by Gasteiger charge is 2.31. The van der Waals surface area contributed by atoms with Crippen LogP contribution in [0.1, 0.15) is 10.4 Å². The lowest BCUT2D eigenvalue weighted by molar-refractivity contribution is 0.0692. The number of hydrogen-bond acceptors (Lipinski definition) is 6. The maximum atomic E-state index is 15.1. The van der Waals surface area contributed by atoms with Crippen LogP contribution in [0.25, 0.3) is 10.9 Å². The quantitative estimate of drug-likeness (QED) is 0.797. The second-order valence-electron chi connectivity index (χ2n) is 6.97. The van der Waals surface area contributed by atoms with Crippen LogP contribution < -0.4 is 15.1 Å². The number of carboxylic acids is 1. The van der Waals surface area contributed by atoms with E-state index in [9.17, 15) is 19.8 Å². The van der Waals surface area contributed by atoms with Crippen LogP contribution in [0.15, 0.2) is 17.1 Å². The van der Waals surface area contributed by atoms with Gasteiger partial charge in [-0.05, 0) is 13.1 Å². The molecule has 1 aromatic carbocycles. The first-order valence-corrected chi connectivity index (χ1v) is 8.74. The topological polar surface area (TPSA) is 95.2 Å². The Morgan fingerprint density at radius 3 is 2.67 bits per heavy atom. The van der Waals surface area contributed by atoms with Crippen molar-refractivity contribution in [1.82, 2.24) is 9.47 Å². The van der Waals surface area contributed by atoms with E-state index in [1.165, 1.54) is 6.20 Å². The number of pyridine rings is 1. The van der Waals surface area contributed by atoms with Crippen LogP contribution in [-0.2, 0) is 6.54 Å². The largest absolute Gasteiger partial charge is 0.482 e. The molecule has 2 aliphatic heterocycles. The summed E-state index contributed by atoms with van der Waals surface area (Å²) in [6.45, 7) is 2.56. The van der Waals surface area contributed by atoms with E-state index in [0.717, 1.165) is 19.2 Å². The van der Waals surface area contributed by atoms with Gasteiger partial charge in [-0.2, -0.15) is 0 Å². The highest BCUT2D eigenvalue weighted by atomic mass is 19.1. The number of piperazine rings is 1. The fraction of sp³-hybridized carbons (Fsp3) is 0.444. The van der Waals surface area contributed by atoms with E-state index in [0.29, 0.717) is 18.6 Å². The average molecular weight is 377 g/mol. The van der Waals surface area contributed by atoms with E-state index in [1.54, 1.807) is 4.57 Å². The molecule has 2 aliphatic rings. The first kappa shape index (κ1) is 17.7. The van der Waals surface area contributed by atoms with Crippen molar-refractivity contribution in [2.45, 2.75) is 12.6 Å². The standard InChI is InChI=1S/C18H20FN3O5/c1-20-2-4-21(5-3-20)15-13(19)6-11-14-17(15)27-10(9-23)7-22(14)8-12(16(11)24)18(25)26/h6,8,10,23H,2-5,7,9H2,1H3,(H,25,26)/t10-/m1/s1. The number of likely N-dealkylation sites (N-methyl/N-ethyl adjacent to an activating group) is 1. The van der Waals surface area contributed by atoms with Crippen LogP contribution in [0.5, 0.6) is 5.75 Å². The number of aromatic nitrogens is 1. The third kappa shape index (κ3) is 2.83. The van der Waals surface area contributed by atoms with Gasteiger partial charge in [0, 0.05) is 32.4 Å².